The number of fused-ring (bicyclic) bond motifs is 1. The number of aliphatic hydroxyl groups excluding tert-OH is 1. The maximum Gasteiger partial charge on any atom is 0.177 e. The fraction of sp³-hybridized carbons (Fsp3) is 0.462. The molecule has 3 N–H and O–H groups in total. The Balaban J connectivity index is 2.58. The molecule has 0 aliphatic carbocycles. The van der Waals surface area contributed by atoms with Crippen molar-refractivity contribution in [3.8, 4) is 11.5 Å². The van der Waals surface area contributed by atoms with Crippen molar-refractivity contribution >= 4 is 5.78 Å². The van der Waals surface area contributed by atoms with Crippen LogP contribution in [0.15, 0.2) is 12.1 Å². The van der Waals surface area contributed by atoms with Gasteiger partial charge in [0.1, 0.15) is 17.7 Å². The third kappa shape index (κ3) is 1.95. The first-order valence-electron chi connectivity index (χ1n) is 5.75. The molecule has 1 unspecified atom stereocenters. The molecule has 0 saturated heterocycles. The van der Waals surface area contributed by atoms with Gasteiger partial charge < -0.3 is 15.3 Å². The van der Waals surface area contributed by atoms with Crippen LogP contribution in [0.1, 0.15) is 42.9 Å². The second-order valence-corrected chi connectivity index (χ2v) is 5.52. The molecule has 1 aromatic carbocycles. The fourth-order valence-corrected chi connectivity index (χ4v) is 2.21. The second kappa shape index (κ2) is 3.96. The third-order valence-corrected chi connectivity index (χ3v) is 3.17. The van der Waals surface area contributed by atoms with Crippen LogP contribution < -0.4 is 0 Å². The van der Waals surface area contributed by atoms with E-state index >= 15 is 0 Å². The zero-order valence-corrected chi connectivity index (χ0v) is 10.6. The molecule has 5 heteroatoms. The van der Waals surface area contributed by atoms with Crippen LogP contribution in [0.5, 0.6) is 11.5 Å². The van der Waals surface area contributed by atoms with Gasteiger partial charge in [-0.2, -0.15) is 0 Å². The number of aliphatic hydroxyl groups is 1. The smallest absolute Gasteiger partial charge is 0.177 e. The normalized spacial score (nSPS) is 20.9. The van der Waals surface area contributed by atoms with Crippen molar-refractivity contribution in [2.45, 2.75) is 32.5 Å². The topological polar surface area (TPSA) is 81.0 Å². The van der Waals surface area contributed by atoms with Gasteiger partial charge in [0.15, 0.2) is 5.78 Å². The lowest BCUT2D eigenvalue weighted by Gasteiger charge is -2.42. The molecule has 0 spiro atoms. The standard InChI is InChI=1S/C13H17NO4/c1-13(2,3)14-6-10(17)8-4-7(15)5-9(16)11(8)12(14)18/h4-5,12,15-16,18H,6H2,1-3H3. The second-order valence-electron chi connectivity index (χ2n) is 5.52. The number of rotatable bonds is 0. The average molecular weight is 251 g/mol. The summed E-state index contributed by atoms with van der Waals surface area (Å²) in [6, 6.07) is 2.40. The predicted molar refractivity (Wildman–Crippen MR) is 65.5 cm³/mol. The van der Waals surface area contributed by atoms with Crippen LogP contribution in [0.3, 0.4) is 0 Å². The fourth-order valence-electron chi connectivity index (χ4n) is 2.21. The molecule has 0 bridgehead atoms. The molecule has 1 aliphatic heterocycles. The van der Waals surface area contributed by atoms with Crippen molar-refractivity contribution in [3.05, 3.63) is 23.3 Å². The van der Waals surface area contributed by atoms with Gasteiger partial charge >= 0.3 is 0 Å². The minimum Gasteiger partial charge on any atom is -0.508 e. The van der Waals surface area contributed by atoms with Crippen LogP contribution >= 0.6 is 0 Å². The number of phenolic OH excluding ortho intramolecular Hbond substituents is 2. The molecule has 98 valence electrons. The molecule has 1 atom stereocenters. The Morgan fingerprint density at radius 2 is 1.89 bits per heavy atom. The maximum absolute atomic E-state index is 12.0. The van der Waals surface area contributed by atoms with Gasteiger partial charge in [-0.3, -0.25) is 9.69 Å². The highest BCUT2D eigenvalue weighted by Crippen LogP contribution is 2.39. The van der Waals surface area contributed by atoms with Crippen molar-refractivity contribution in [1.29, 1.82) is 0 Å². The molecule has 0 aromatic heterocycles. The molecule has 18 heavy (non-hydrogen) atoms. The Kier molecular flexibility index (Phi) is 2.83. The van der Waals surface area contributed by atoms with E-state index in [2.05, 4.69) is 0 Å². The first-order chi connectivity index (χ1) is 8.21. The number of carbonyl (C=O) groups is 1. The van der Waals surface area contributed by atoms with Crippen LogP contribution in [0.4, 0.5) is 0 Å². The van der Waals surface area contributed by atoms with E-state index in [-0.39, 0.29) is 35.0 Å². The van der Waals surface area contributed by atoms with E-state index in [0.717, 1.165) is 6.07 Å². The summed E-state index contributed by atoms with van der Waals surface area (Å²) in [4.78, 5) is 13.6. The number of ketones is 1. The van der Waals surface area contributed by atoms with Crippen LogP contribution in [0.25, 0.3) is 0 Å². The van der Waals surface area contributed by atoms with E-state index in [1.807, 2.05) is 20.8 Å². The van der Waals surface area contributed by atoms with Gasteiger partial charge in [-0.1, -0.05) is 0 Å². The molecule has 5 nitrogen and oxygen atoms in total. The van der Waals surface area contributed by atoms with Crippen molar-refractivity contribution in [2.24, 2.45) is 0 Å². The predicted octanol–water partition coefficient (Wildman–Crippen LogP) is 1.39. The summed E-state index contributed by atoms with van der Waals surface area (Å²) < 4.78 is 0. The highest BCUT2D eigenvalue weighted by molar-refractivity contribution is 6.01. The number of aromatic hydroxyl groups is 2. The lowest BCUT2D eigenvalue weighted by atomic mass is 9.92. The number of hydrogen-bond donors (Lipinski definition) is 3. The SMILES string of the molecule is CC(C)(C)N1CC(=O)c2cc(O)cc(O)c2C1O. The number of Topliss-reactive ketones (excluding diaryl/α,β-unsaturated/α-hetero) is 1. The summed E-state index contributed by atoms with van der Waals surface area (Å²) in [7, 11) is 0. The molecule has 0 radical (unpaired) electrons. The molecular formula is C13H17NO4. The van der Waals surface area contributed by atoms with Gasteiger partial charge in [0.25, 0.3) is 0 Å². The Labute approximate surface area is 105 Å². The van der Waals surface area contributed by atoms with Crippen LogP contribution in [0.2, 0.25) is 0 Å². The van der Waals surface area contributed by atoms with Gasteiger partial charge in [-0.15, -0.1) is 0 Å². The summed E-state index contributed by atoms with van der Waals surface area (Å²) >= 11 is 0. The summed E-state index contributed by atoms with van der Waals surface area (Å²) in [6.45, 7) is 5.70. The minimum atomic E-state index is -1.06. The van der Waals surface area contributed by atoms with E-state index in [1.54, 1.807) is 4.90 Å². The lowest BCUT2D eigenvalue weighted by molar-refractivity contribution is -0.0543. The van der Waals surface area contributed by atoms with Crippen molar-refractivity contribution < 1.29 is 20.1 Å². The molecule has 1 heterocycles. The quantitative estimate of drug-likeness (QED) is 0.649. The van der Waals surface area contributed by atoms with Crippen LogP contribution in [0, 0.1) is 0 Å². The molecule has 0 saturated carbocycles. The minimum absolute atomic E-state index is 0.0561. The Morgan fingerprint density at radius 1 is 1.28 bits per heavy atom. The van der Waals surface area contributed by atoms with Crippen molar-refractivity contribution in [2.75, 3.05) is 6.54 Å². The van der Waals surface area contributed by atoms with Crippen LogP contribution in [-0.4, -0.2) is 38.1 Å². The summed E-state index contributed by atoms with van der Waals surface area (Å²) in [5.41, 5.74) is -0.0589. The highest BCUT2D eigenvalue weighted by atomic mass is 16.3. The zero-order chi connectivity index (χ0) is 13.7. The molecule has 1 aromatic rings. The number of benzene rings is 1. The van der Waals surface area contributed by atoms with E-state index in [9.17, 15) is 20.1 Å². The van der Waals surface area contributed by atoms with Gasteiger partial charge in [-0.25, -0.2) is 0 Å². The molecule has 0 fully saturated rings. The number of carbonyl (C=O) groups excluding carboxylic acids is 1. The first-order valence-corrected chi connectivity index (χ1v) is 5.75. The van der Waals surface area contributed by atoms with E-state index in [4.69, 9.17) is 0 Å². The van der Waals surface area contributed by atoms with Gasteiger partial charge in [0.05, 0.1) is 6.54 Å². The van der Waals surface area contributed by atoms with E-state index < -0.39 is 11.8 Å². The third-order valence-electron chi connectivity index (χ3n) is 3.17. The largest absolute Gasteiger partial charge is 0.508 e. The number of nitrogens with zero attached hydrogens (tertiary/aromatic N) is 1. The van der Waals surface area contributed by atoms with E-state index in [1.165, 1.54) is 6.07 Å². The van der Waals surface area contributed by atoms with Crippen LogP contribution in [-0.2, 0) is 0 Å². The molecule has 0 amide bonds. The molecule has 1 aliphatic rings. The molecular weight excluding hydrogens is 234 g/mol. The first kappa shape index (κ1) is 12.9. The highest BCUT2D eigenvalue weighted by Gasteiger charge is 2.38. The lowest BCUT2D eigenvalue weighted by Crippen LogP contribution is -2.49. The van der Waals surface area contributed by atoms with Crippen molar-refractivity contribution in [3.63, 3.8) is 0 Å². The van der Waals surface area contributed by atoms with Gasteiger partial charge in [-0.05, 0) is 26.8 Å². The Morgan fingerprint density at radius 3 is 2.44 bits per heavy atom. The summed E-state index contributed by atoms with van der Waals surface area (Å²) in [5.74, 6) is -0.674. The molecule has 2 rings (SSSR count). The van der Waals surface area contributed by atoms with Gasteiger partial charge in [0.2, 0.25) is 0 Å². The van der Waals surface area contributed by atoms with Gasteiger partial charge in [0, 0.05) is 22.7 Å². The average Bonchev–Trinajstić information content (AvgIpc) is 2.20. The monoisotopic (exact) mass is 251 g/mol. The van der Waals surface area contributed by atoms with Crippen molar-refractivity contribution in [1.82, 2.24) is 4.90 Å². The summed E-state index contributed by atoms with van der Waals surface area (Å²) in [6.07, 6.45) is -1.06. The van der Waals surface area contributed by atoms with E-state index in [0.29, 0.717) is 0 Å². The number of phenols is 2. The zero-order valence-electron chi connectivity index (χ0n) is 10.6. The Bertz CT molecular complexity index is 504. The maximum atomic E-state index is 12.0. The summed E-state index contributed by atoms with van der Waals surface area (Å²) in [5, 5.41) is 29.5. The number of hydrogen-bond acceptors (Lipinski definition) is 5. The Hall–Kier alpha value is -1.59.